The average Bonchev–Trinajstić information content (AvgIpc) is 2.73. The van der Waals surface area contributed by atoms with Crippen LogP contribution in [0.5, 0.6) is 0 Å². The SMILES string of the molecule is NC(=O)CN1CCN(c2nc3ccccc3nc2NS(=O)(=O)c2cccc(Cl)c2)CC1. The van der Waals surface area contributed by atoms with Crippen molar-refractivity contribution in [3.05, 3.63) is 53.6 Å². The number of nitrogens with two attached hydrogens (primary N) is 1. The van der Waals surface area contributed by atoms with E-state index in [1.165, 1.54) is 12.1 Å². The predicted molar refractivity (Wildman–Crippen MR) is 120 cm³/mol. The Hall–Kier alpha value is -2.95. The molecule has 162 valence electrons. The fraction of sp³-hybridized carbons (Fsp3) is 0.250. The molecule has 0 aliphatic carbocycles. The van der Waals surface area contributed by atoms with Gasteiger partial charge in [-0.2, -0.15) is 0 Å². The van der Waals surface area contributed by atoms with Crippen molar-refractivity contribution in [1.29, 1.82) is 0 Å². The lowest BCUT2D eigenvalue weighted by Crippen LogP contribution is -2.49. The normalized spacial score (nSPS) is 15.2. The van der Waals surface area contributed by atoms with Crippen molar-refractivity contribution < 1.29 is 13.2 Å². The second-order valence-electron chi connectivity index (χ2n) is 7.18. The highest BCUT2D eigenvalue weighted by Gasteiger charge is 2.25. The summed E-state index contributed by atoms with van der Waals surface area (Å²) in [4.78, 5) is 24.3. The molecule has 1 saturated heterocycles. The number of piperazine rings is 1. The van der Waals surface area contributed by atoms with Crippen molar-refractivity contribution in [2.75, 3.05) is 42.3 Å². The number of hydrogen-bond acceptors (Lipinski definition) is 7. The summed E-state index contributed by atoms with van der Waals surface area (Å²) in [6.45, 7) is 2.47. The van der Waals surface area contributed by atoms with Gasteiger partial charge in [-0.1, -0.05) is 29.8 Å². The number of sulfonamides is 1. The highest BCUT2D eigenvalue weighted by Crippen LogP contribution is 2.28. The summed E-state index contributed by atoms with van der Waals surface area (Å²) in [5.74, 6) is 0.193. The number of halogens is 1. The molecule has 3 N–H and O–H groups in total. The minimum absolute atomic E-state index is 0.0344. The summed E-state index contributed by atoms with van der Waals surface area (Å²) >= 11 is 5.97. The van der Waals surface area contributed by atoms with Gasteiger partial charge in [0.2, 0.25) is 5.91 Å². The second-order valence-corrected chi connectivity index (χ2v) is 9.30. The molecule has 31 heavy (non-hydrogen) atoms. The number of carbonyl (C=O) groups excluding carboxylic acids is 1. The maximum atomic E-state index is 13.0. The molecule has 1 aromatic heterocycles. The third-order valence-corrected chi connectivity index (χ3v) is 6.51. The van der Waals surface area contributed by atoms with Gasteiger partial charge in [0.15, 0.2) is 11.6 Å². The molecular formula is C20H21ClN6O3S. The van der Waals surface area contributed by atoms with Crippen LogP contribution in [0.2, 0.25) is 5.02 Å². The number of amides is 1. The largest absolute Gasteiger partial charge is 0.369 e. The maximum Gasteiger partial charge on any atom is 0.263 e. The Morgan fingerprint density at radius 1 is 1.03 bits per heavy atom. The molecule has 0 spiro atoms. The molecule has 2 heterocycles. The molecule has 1 amide bonds. The number of para-hydroxylation sites is 2. The Labute approximate surface area is 184 Å². The third kappa shape index (κ3) is 4.87. The lowest BCUT2D eigenvalue weighted by Gasteiger charge is -2.35. The first-order valence-electron chi connectivity index (χ1n) is 9.62. The Kier molecular flexibility index (Phi) is 5.94. The van der Waals surface area contributed by atoms with Crippen LogP contribution < -0.4 is 15.4 Å². The number of nitrogens with one attached hydrogen (secondary N) is 1. The van der Waals surface area contributed by atoms with E-state index in [4.69, 9.17) is 17.3 Å². The van der Waals surface area contributed by atoms with Crippen LogP contribution in [0.25, 0.3) is 11.0 Å². The molecule has 11 heteroatoms. The first-order valence-corrected chi connectivity index (χ1v) is 11.5. The topological polar surface area (TPSA) is 122 Å². The zero-order valence-corrected chi connectivity index (χ0v) is 18.1. The second kappa shape index (κ2) is 8.66. The molecular weight excluding hydrogens is 440 g/mol. The number of fused-ring (bicyclic) bond motifs is 1. The molecule has 2 aromatic carbocycles. The molecule has 1 fully saturated rings. The average molecular weight is 461 g/mol. The number of anilines is 2. The van der Waals surface area contributed by atoms with Gasteiger partial charge in [0.05, 0.1) is 22.5 Å². The van der Waals surface area contributed by atoms with Crippen LogP contribution >= 0.6 is 11.6 Å². The van der Waals surface area contributed by atoms with E-state index in [2.05, 4.69) is 14.7 Å². The lowest BCUT2D eigenvalue weighted by molar-refractivity contribution is -0.119. The van der Waals surface area contributed by atoms with E-state index >= 15 is 0 Å². The molecule has 4 rings (SSSR count). The van der Waals surface area contributed by atoms with Crippen LogP contribution in [-0.4, -0.2) is 61.9 Å². The fourth-order valence-corrected chi connectivity index (χ4v) is 4.74. The summed E-state index contributed by atoms with van der Waals surface area (Å²) in [6.07, 6.45) is 0. The Morgan fingerprint density at radius 2 is 1.71 bits per heavy atom. The Balaban J connectivity index is 1.68. The van der Waals surface area contributed by atoms with Gasteiger partial charge in [0.1, 0.15) is 0 Å². The number of carbonyl (C=O) groups is 1. The van der Waals surface area contributed by atoms with Crippen molar-refractivity contribution in [2.45, 2.75) is 4.90 Å². The van der Waals surface area contributed by atoms with E-state index < -0.39 is 10.0 Å². The Morgan fingerprint density at radius 3 is 2.35 bits per heavy atom. The first kappa shape index (κ1) is 21.3. The number of benzene rings is 2. The van der Waals surface area contributed by atoms with Gasteiger partial charge in [-0.05, 0) is 30.3 Å². The van der Waals surface area contributed by atoms with Gasteiger partial charge >= 0.3 is 0 Å². The Bertz CT molecular complexity index is 1230. The van der Waals surface area contributed by atoms with Crippen LogP contribution in [-0.2, 0) is 14.8 Å². The van der Waals surface area contributed by atoms with E-state index in [9.17, 15) is 13.2 Å². The van der Waals surface area contributed by atoms with E-state index in [1.54, 1.807) is 18.2 Å². The predicted octanol–water partition coefficient (Wildman–Crippen LogP) is 1.69. The molecule has 0 atom stereocenters. The quantitative estimate of drug-likeness (QED) is 0.574. The van der Waals surface area contributed by atoms with Crippen molar-refractivity contribution in [3.8, 4) is 0 Å². The number of primary amides is 1. The molecule has 0 radical (unpaired) electrons. The van der Waals surface area contributed by atoms with Gasteiger partial charge in [-0.15, -0.1) is 0 Å². The molecule has 0 unspecified atom stereocenters. The summed E-state index contributed by atoms with van der Waals surface area (Å²) < 4.78 is 28.5. The van der Waals surface area contributed by atoms with Crippen molar-refractivity contribution in [3.63, 3.8) is 0 Å². The number of aromatic nitrogens is 2. The van der Waals surface area contributed by atoms with Crippen molar-refractivity contribution >= 4 is 50.2 Å². The van der Waals surface area contributed by atoms with Gasteiger partial charge in [0.25, 0.3) is 10.0 Å². The van der Waals surface area contributed by atoms with E-state index in [0.29, 0.717) is 48.1 Å². The summed E-state index contributed by atoms with van der Waals surface area (Å²) in [5.41, 5.74) is 6.52. The van der Waals surface area contributed by atoms with E-state index in [0.717, 1.165) is 0 Å². The van der Waals surface area contributed by atoms with Crippen LogP contribution in [0.3, 0.4) is 0 Å². The molecule has 0 saturated carbocycles. The van der Waals surface area contributed by atoms with Crippen LogP contribution in [0.15, 0.2) is 53.4 Å². The number of nitrogens with zero attached hydrogens (tertiary/aromatic N) is 4. The monoisotopic (exact) mass is 460 g/mol. The zero-order valence-electron chi connectivity index (χ0n) is 16.5. The standard InChI is InChI=1S/C20H21ClN6O3S/c21-14-4-3-5-15(12-14)31(29,30)25-19-20(24-17-7-2-1-6-16(17)23-19)27-10-8-26(9-11-27)13-18(22)28/h1-7,12H,8-11,13H2,(H2,22,28)(H,23,25). The fourth-order valence-electron chi connectivity index (χ4n) is 3.44. The minimum atomic E-state index is -3.93. The summed E-state index contributed by atoms with van der Waals surface area (Å²) in [6, 6.07) is 13.3. The van der Waals surface area contributed by atoms with Gasteiger partial charge in [0, 0.05) is 31.2 Å². The van der Waals surface area contributed by atoms with Crippen LogP contribution in [0.4, 0.5) is 11.6 Å². The molecule has 3 aromatic rings. The smallest absolute Gasteiger partial charge is 0.263 e. The first-order chi connectivity index (χ1) is 14.8. The third-order valence-electron chi connectivity index (χ3n) is 4.94. The maximum absolute atomic E-state index is 13.0. The molecule has 0 bridgehead atoms. The molecule has 9 nitrogen and oxygen atoms in total. The summed E-state index contributed by atoms with van der Waals surface area (Å²) in [5, 5.41) is 0.318. The van der Waals surface area contributed by atoms with Crippen molar-refractivity contribution in [2.24, 2.45) is 5.73 Å². The van der Waals surface area contributed by atoms with Crippen LogP contribution in [0.1, 0.15) is 0 Å². The van der Waals surface area contributed by atoms with Gasteiger partial charge in [-0.3, -0.25) is 14.4 Å². The minimum Gasteiger partial charge on any atom is -0.369 e. The molecule has 1 aliphatic heterocycles. The zero-order chi connectivity index (χ0) is 22.0. The highest BCUT2D eigenvalue weighted by atomic mass is 35.5. The number of hydrogen-bond donors (Lipinski definition) is 2. The van der Waals surface area contributed by atoms with Gasteiger partial charge in [-0.25, -0.2) is 18.4 Å². The number of rotatable bonds is 6. The van der Waals surface area contributed by atoms with E-state index in [1.807, 2.05) is 28.0 Å². The summed E-state index contributed by atoms with van der Waals surface area (Å²) in [7, 11) is -3.93. The molecule has 1 aliphatic rings. The van der Waals surface area contributed by atoms with Crippen molar-refractivity contribution in [1.82, 2.24) is 14.9 Å². The van der Waals surface area contributed by atoms with Gasteiger partial charge < -0.3 is 10.6 Å². The van der Waals surface area contributed by atoms with E-state index in [-0.39, 0.29) is 23.2 Å². The highest BCUT2D eigenvalue weighted by molar-refractivity contribution is 7.92. The lowest BCUT2D eigenvalue weighted by atomic mass is 10.2. The van der Waals surface area contributed by atoms with Crippen LogP contribution in [0, 0.1) is 0 Å².